The summed E-state index contributed by atoms with van der Waals surface area (Å²) in [5, 5.41) is 2.97. The Labute approximate surface area is 132 Å². The quantitative estimate of drug-likeness (QED) is 0.358. The van der Waals surface area contributed by atoms with E-state index in [0.29, 0.717) is 30.5 Å². The molecule has 0 heterocycles. The lowest BCUT2D eigenvalue weighted by molar-refractivity contribution is 0.322. The molecule has 7 nitrogen and oxygen atoms in total. The monoisotopic (exact) mass is 328 g/mol. The smallest absolute Gasteiger partial charge is 0.229 e. The van der Waals surface area contributed by atoms with Gasteiger partial charge in [-0.3, -0.25) is 9.71 Å². The predicted molar refractivity (Wildman–Crippen MR) is 89.8 cm³/mol. The number of rotatable bonds is 9. The minimum atomic E-state index is -3.26. The number of nitrogens with one attached hydrogen (secondary N) is 2. The van der Waals surface area contributed by atoms with E-state index in [0.717, 1.165) is 25.6 Å². The highest BCUT2D eigenvalue weighted by Gasteiger charge is 2.01. The highest BCUT2D eigenvalue weighted by molar-refractivity contribution is 7.92. The molecular formula is C14H24N4O3S. The molecule has 0 atom stereocenters. The van der Waals surface area contributed by atoms with Crippen LogP contribution in [0.4, 0.5) is 5.69 Å². The summed E-state index contributed by atoms with van der Waals surface area (Å²) in [6.07, 6.45) is 3.21. The van der Waals surface area contributed by atoms with Crippen molar-refractivity contribution in [2.75, 3.05) is 30.7 Å². The Balaban J connectivity index is 2.29. The van der Waals surface area contributed by atoms with Crippen molar-refractivity contribution in [2.24, 2.45) is 10.7 Å². The topological polar surface area (TPSA) is 106 Å². The first-order valence-electron chi connectivity index (χ1n) is 7.15. The van der Waals surface area contributed by atoms with Gasteiger partial charge in [-0.15, -0.1) is 0 Å². The van der Waals surface area contributed by atoms with Crippen LogP contribution in [0.2, 0.25) is 0 Å². The lowest BCUT2D eigenvalue weighted by atomic mass is 10.3. The van der Waals surface area contributed by atoms with E-state index >= 15 is 0 Å². The molecule has 8 heteroatoms. The molecule has 124 valence electrons. The zero-order valence-electron chi connectivity index (χ0n) is 13.0. The third-order valence-electron chi connectivity index (χ3n) is 2.63. The van der Waals surface area contributed by atoms with Crippen LogP contribution in [-0.4, -0.2) is 40.3 Å². The van der Waals surface area contributed by atoms with Crippen LogP contribution in [0, 0.1) is 0 Å². The number of guanidine groups is 1. The molecule has 0 saturated heterocycles. The molecular weight excluding hydrogens is 304 g/mol. The molecule has 0 aromatic heterocycles. The summed E-state index contributed by atoms with van der Waals surface area (Å²) in [5.74, 6) is 1.08. The lowest BCUT2D eigenvalue weighted by Gasteiger charge is -2.09. The van der Waals surface area contributed by atoms with Gasteiger partial charge in [0, 0.05) is 12.2 Å². The number of nitrogens with zero attached hydrogens (tertiary/aromatic N) is 1. The Morgan fingerprint density at radius 1 is 1.32 bits per heavy atom. The van der Waals surface area contributed by atoms with Crippen LogP contribution in [-0.2, 0) is 10.0 Å². The lowest BCUT2D eigenvalue weighted by Crippen LogP contribution is -2.34. The second-order valence-electron chi connectivity index (χ2n) is 4.79. The molecule has 0 fully saturated rings. The Morgan fingerprint density at radius 3 is 2.59 bits per heavy atom. The normalized spacial score (nSPS) is 12.0. The van der Waals surface area contributed by atoms with Crippen LogP contribution < -0.4 is 20.5 Å². The van der Waals surface area contributed by atoms with E-state index in [9.17, 15) is 8.42 Å². The van der Waals surface area contributed by atoms with Gasteiger partial charge in [0.15, 0.2) is 5.96 Å². The van der Waals surface area contributed by atoms with Crippen molar-refractivity contribution in [3.05, 3.63) is 24.3 Å². The van der Waals surface area contributed by atoms with E-state index in [4.69, 9.17) is 10.5 Å². The third-order valence-corrected chi connectivity index (χ3v) is 3.23. The second kappa shape index (κ2) is 9.14. The molecule has 0 bridgehead atoms. The zero-order valence-corrected chi connectivity index (χ0v) is 13.8. The third kappa shape index (κ3) is 8.35. The van der Waals surface area contributed by atoms with Crippen LogP contribution in [0.15, 0.2) is 29.3 Å². The maximum absolute atomic E-state index is 11.1. The number of hydrogen-bond donors (Lipinski definition) is 3. The molecule has 0 amide bonds. The SMILES string of the molecule is CCCCN=C(N)NCCOc1ccc(NS(C)(=O)=O)cc1. The molecule has 0 saturated carbocycles. The van der Waals surface area contributed by atoms with Gasteiger partial charge < -0.3 is 15.8 Å². The number of sulfonamides is 1. The Hall–Kier alpha value is -1.96. The predicted octanol–water partition coefficient (Wildman–Crippen LogP) is 1.14. The van der Waals surface area contributed by atoms with Gasteiger partial charge in [0.1, 0.15) is 12.4 Å². The van der Waals surface area contributed by atoms with Crippen molar-refractivity contribution in [1.82, 2.24) is 5.32 Å². The summed E-state index contributed by atoms with van der Waals surface area (Å²) in [4.78, 5) is 4.17. The summed E-state index contributed by atoms with van der Waals surface area (Å²) in [7, 11) is -3.26. The maximum atomic E-state index is 11.1. The fourth-order valence-corrected chi connectivity index (χ4v) is 2.16. The highest BCUT2D eigenvalue weighted by atomic mass is 32.2. The fourth-order valence-electron chi connectivity index (χ4n) is 1.59. The van der Waals surface area contributed by atoms with Crippen molar-refractivity contribution < 1.29 is 13.2 Å². The summed E-state index contributed by atoms with van der Waals surface area (Å²) in [6, 6.07) is 6.69. The number of anilines is 1. The molecule has 0 aliphatic heterocycles. The molecule has 0 spiro atoms. The van der Waals surface area contributed by atoms with E-state index in [-0.39, 0.29) is 0 Å². The molecule has 0 unspecified atom stereocenters. The first-order chi connectivity index (χ1) is 10.4. The van der Waals surface area contributed by atoms with Crippen molar-refractivity contribution in [2.45, 2.75) is 19.8 Å². The molecule has 1 aromatic carbocycles. The van der Waals surface area contributed by atoms with Crippen LogP contribution in [0.1, 0.15) is 19.8 Å². The average Bonchev–Trinajstić information content (AvgIpc) is 2.44. The summed E-state index contributed by atoms with van der Waals surface area (Å²) >= 11 is 0. The van der Waals surface area contributed by atoms with E-state index in [1.807, 2.05) is 0 Å². The van der Waals surface area contributed by atoms with Crippen molar-refractivity contribution in [3.63, 3.8) is 0 Å². The summed E-state index contributed by atoms with van der Waals surface area (Å²) in [6.45, 7) is 3.81. The van der Waals surface area contributed by atoms with Gasteiger partial charge in [0.25, 0.3) is 0 Å². The Bertz CT molecular complexity index is 570. The number of nitrogens with two attached hydrogens (primary N) is 1. The van der Waals surface area contributed by atoms with E-state index in [1.165, 1.54) is 0 Å². The van der Waals surface area contributed by atoms with Crippen LogP contribution >= 0.6 is 0 Å². The molecule has 0 aliphatic carbocycles. The van der Waals surface area contributed by atoms with Crippen LogP contribution in [0.25, 0.3) is 0 Å². The molecule has 1 rings (SSSR count). The Kier molecular flexibility index (Phi) is 7.51. The number of ether oxygens (including phenoxy) is 1. The second-order valence-corrected chi connectivity index (χ2v) is 6.54. The first kappa shape index (κ1) is 18.1. The fraction of sp³-hybridized carbons (Fsp3) is 0.500. The van der Waals surface area contributed by atoms with Gasteiger partial charge in [-0.05, 0) is 30.7 Å². The van der Waals surface area contributed by atoms with Gasteiger partial charge >= 0.3 is 0 Å². The van der Waals surface area contributed by atoms with E-state index in [1.54, 1.807) is 24.3 Å². The van der Waals surface area contributed by atoms with E-state index in [2.05, 4.69) is 22.0 Å². The van der Waals surface area contributed by atoms with Crippen molar-refractivity contribution >= 4 is 21.7 Å². The largest absolute Gasteiger partial charge is 0.492 e. The van der Waals surface area contributed by atoms with Gasteiger partial charge in [-0.2, -0.15) is 0 Å². The van der Waals surface area contributed by atoms with Crippen molar-refractivity contribution in [1.29, 1.82) is 0 Å². The first-order valence-corrected chi connectivity index (χ1v) is 9.04. The molecule has 0 radical (unpaired) electrons. The minimum Gasteiger partial charge on any atom is -0.492 e. The molecule has 4 N–H and O–H groups in total. The standard InChI is InChI=1S/C14H24N4O3S/c1-3-4-9-16-14(15)17-10-11-21-13-7-5-12(6-8-13)18-22(2,19)20/h5-8,18H,3-4,9-11H2,1-2H3,(H3,15,16,17). The van der Waals surface area contributed by atoms with Crippen LogP contribution in [0.5, 0.6) is 5.75 Å². The highest BCUT2D eigenvalue weighted by Crippen LogP contribution is 2.16. The van der Waals surface area contributed by atoms with Gasteiger partial charge in [-0.1, -0.05) is 13.3 Å². The van der Waals surface area contributed by atoms with Gasteiger partial charge in [-0.25, -0.2) is 8.42 Å². The molecule has 0 aliphatic rings. The summed E-state index contributed by atoms with van der Waals surface area (Å²) in [5.41, 5.74) is 6.19. The number of benzene rings is 1. The van der Waals surface area contributed by atoms with Gasteiger partial charge in [0.2, 0.25) is 10.0 Å². The molecule has 1 aromatic rings. The van der Waals surface area contributed by atoms with Crippen LogP contribution in [0.3, 0.4) is 0 Å². The zero-order chi connectivity index (χ0) is 16.4. The Morgan fingerprint density at radius 2 is 2.00 bits per heavy atom. The number of unbranched alkanes of at least 4 members (excludes halogenated alkanes) is 1. The van der Waals surface area contributed by atoms with Gasteiger partial charge in [0.05, 0.1) is 12.8 Å². The maximum Gasteiger partial charge on any atom is 0.229 e. The minimum absolute atomic E-state index is 0.421. The number of aliphatic imine (C=N–C) groups is 1. The van der Waals surface area contributed by atoms with Crippen molar-refractivity contribution in [3.8, 4) is 5.75 Å². The van der Waals surface area contributed by atoms with E-state index < -0.39 is 10.0 Å². The molecule has 22 heavy (non-hydrogen) atoms. The summed E-state index contributed by atoms with van der Waals surface area (Å²) < 4.78 is 30.1. The average molecular weight is 328 g/mol. The number of hydrogen-bond acceptors (Lipinski definition) is 4.